The van der Waals surface area contributed by atoms with Crippen LogP contribution in [0.25, 0.3) is 22.1 Å². The van der Waals surface area contributed by atoms with E-state index in [4.69, 9.17) is 28.9 Å². The van der Waals surface area contributed by atoms with Gasteiger partial charge in [0.1, 0.15) is 0 Å². The normalized spacial score (nSPS) is 19.8. The van der Waals surface area contributed by atoms with Crippen LogP contribution in [0.3, 0.4) is 0 Å². The number of nitrogens with zero attached hydrogens (tertiary/aromatic N) is 2. The average molecular weight is 561 g/mol. The molecule has 0 N–H and O–H groups in total. The summed E-state index contributed by atoms with van der Waals surface area (Å²) in [5.41, 5.74) is 10.6. The Labute approximate surface area is 246 Å². The lowest BCUT2D eigenvalue weighted by molar-refractivity contribution is 0.347. The van der Waals surface area contributed by atoms with Gasteiger partial charge in [0, 0.05) is 23.0 Å². The Balaban J connectivity index is 1.64. The molecule has 0 aliphatic heterocycles. The Kier molecular flexibility index (Phi) is 6.08. The van der Waals surface area contributed by atoms with Crippen LogP contribution >= 0.6 is 0 Å². The molecular formula is C36H36N2O4. The number of aromatic nitrogens is 2. The monoisotopic (exact) mass is 560 g/mol. The van der Waals surface area contributed by atoms with E-state index < -0.39 is 0 Å². The summed E-state index contributed by atoms with van der Waals surface area (Å²) in [5.74, 6) is 2.81. The molecule has 1 heterocycles. The van der Waals surface area contributed by atoms with Crippen LogP contribution < -0.4 is 18.9 Å². The minimum absolute atomic E-state index is 0.354. The minimum Gasteiger partial charge on any atom is -0.493 e. The first-order chi connectivity index (χ1) is 20.5. The average Bonchev–Trinajstić information content (AvgIpc) is 3.03. The van der Waals surface area contributed by atoms with E-state index in [-0.39, 0.29) is 10.8 Å². The number of methoxy groups -OCH3 is 4. The van der Waals surface area contributed by atoms with Gasteiger partial charge in [-0.05, 0) is 70.5 Å². The van der Waals surface area contributed by atoms with Crippen molar-refractivity contribution < 1.29 is 18.9 Å². The van der Waals surface area contributed by atoms with Crippen molar-refractivity contribution in [3.05, 3.63) is 94.0 Å². The molecule has 3 aliphatic rings. The zero-order valence-electron chi connectivity index (χ0n) is 25.1. The van der Waals surface area contributed by atoms with Crippen LogP contribution in [0, 0.1) is 0 Å². The highest BCUT2D eigenvalue weighted by molar-refractivity contribution is 5.91. The maximum atomic E-state index is 5.89. The molecule has 0 saturated heterocycles. The molecule has 42 heavy (non-hydrogen) atoms. The van der Waals surface area contributed by atoms with Crippen LogP contribution in [0.4, 0.5) is 0 Å². The highest BCUT2D eigenvalue weighted by atomic mass is 16.5. The van der Waals surface area contributed by atoms with E-state index >= 15 is 0 Å². The van der Waals surface area contributed by atoms with E-state index in [1.807, 2.05) is 12.1 Å². The topological polar surface area (TPSA) is 62.7 Å². The molecule has 2 unspecified atom stereocenters. The van der Waals surface area contributed by atoms with Crippen LogP contribution in [-0.4, -0.2) is 38.4 Å². The molecule has 3 aliphatic carbocycles. The van der Waals surface area contributed by atoms with Crippen LogP contribution in [0.15, 0.2) is 60.7 Å². The maximum Gasteiger partial charge on any atom is 0.163 e. The van der Waals surface area contributed by atoms with Crippen LogP contribution in [0.5, 0.6) is 23.0 Å². The van der Waals surface area contributed by atoms with Gasteiger partial charge in [-0.15, -0.1) is 0 Å². The van der Waals surface area contributed by atoms with Crippen molar-refractivity contribution >= 4 is 22.1 Å². The quantitative estimate of drug-likeness (QED) is 0.181. The van der Waals surface area contributed by atoms with Gasteiger partial charge in [-0.25, -0.2) is 9.97 Å². The van der Waals surface area contributed by atoms with E-state index in [1.54, 1.807) is 28.4 Å². The van der Waals surface area contributed by atoms with Crippen molar-refractivity contribution in [1.82, 2.24) is 9.97 Å². The number of hydrogen-bond acceptors (Lipinski definition) is 6. The molecule has 1 aromatic heterocycles. The SMILES string of the molecule is CCCC12c3ccccc3C(CCC)(c3cc(OC)c(OC)cc31)c1cc3nc4cc(OC)c(OC)cc4nc3cc12. The fourth-order valence-electron chi connectivity index (χ4n) is 8.00. The number of benzene rings is 4. The predicted octanol–water partition coefficient (Wildman–Crippen LogP) is 7.71. The molecule has 0 saturated carbocycles. The molecule has 0 amide bonds. The Morgan fingerprint density at radius 3 is 1.17 bits per heavy atom. The third-order valence-corrected chi connectivity index (χ3v) is 9.54. The molecule has 2 bridgehead atoms. The van der Waals surface area contributed by atoms with E-state index in [0.29, 0.717) is 11.5 Å². The number of ether oxygens (including phenoxy) is 4. The molecule has 5 aromatic rings. The molecule has 6 nitrogen and oxygen atoms in total. The Morgan fingerprint density at radius 2 is 0.810 bits per heavy atom. The van der Waals surface area contributed by atoms with Gasteiger partial charge in [0.2, 0.25) is 0 Å². The minimum atomic E-state index is -0.354. The van der Waals surface area contributed by atoms with Gasteiger partial charge >= 0.3 is 0 Å². The molecule has 0 radical (unpaired) electrons. The van der Waals surface area contributed by atoms with Crippen molar-refractivity contribution in [3.8, 4) is 23.0 Å². The molecule has 4 aromatic carbocycles. The summed E-state index contributed by atoms with van der Waals surface area (Å²) in [6, 6.07) is 22.0. The smallest absolute Gasteiger partial charge is 0.163 e. The van der Waals surface area contributed by atoms with Gasteiger partial charge in [-0.1, -0.05) is 51.0 Å². The largest absolute Gasteiger partial charge is 0.493 e. The first kappa shape index (κ1) is 26.6. The summed E-state index contributed by atoms with van der Waals surface area (Å²) >= 11 is 0. The predicted molar refractivity (Wildman–Crippen MR) is 166 cm³/mol. The second-order valence-corrected chi connectivity index (χ2v) is 11.4. The van der Waals surface area contributed by atoms with E-state index in [9.17, 15) is 0 Å². The molecule has 214 valence electrons. The Morgan fingerprint density at radius 1 is 0.476 bits per heavy atom. The van der Waals surface area contributed by atoms with Gasteiger partial charge in [-0.3, -0.25) is 0 Å². The summed E-state index contributed by atoms with van der Waals surface area (Å²) in [6.07, 6.45) is 3.94. The van der Waals surface area contributed by atoms with E-state index in [2.05, 4.69) is 62.4 Å². The van der Waals surface area contributed by atoms with Crippen LogP contribution in [0.1, 0.15) is 72.9 Å². The highest BCUT2D eigenvalue weighted by Crippen LogP contribution is 2.66. The zero-order valence-corrected chi connectivity index (χ0v) is 25.1. The number of rotatable bonds is 8. The zero-order chi connectivity index (χ0) is 29.2. The van der Waals surface area contributed by atoms with Crippen molar-refractivity contribution in [2.45, 2.75) is 50.4 Å². The van der Waals surface area contributed by atoms with Crippen molar-refractivity contribution in [3.63, 3.8) is 0 Å². The van der Waals surface area contributed by atoms with Gasteiger partial charge < -0.3 is 18.9 Å². The van der Waals surface area contributed by atoms with Crippen LogP contribution in [0.2, 0.25) is 0 Å². The second kappa shape index (κ2) is 9.62. The van der Waals surface area contributed by atoms with Gasteiger partial charge in [0.15, 0.2) is 23.0 Å². The molecule has 0 fully saturated rings. The summed E-state index contributed by atoms with van der Waals surface area (Å²) in [5, 5.41) is 0. The fraction of sp³-hybridized carbons (Fsp3) is 0.333. The summed E-state index contributed by atoms with van der Waals surface area (Å²) in [4.78, 5) is 10.3. The first-order valence-electron chi connectivity index (χ1n) is 14.8. The first-order valence-corrected chi connectivity index (χ1v) is 14.8. The lowest BCUT2D eigenvalue weighted by Crippen LogP contribution is -2.50. The number of fused-ring (bicyclic) bond motifs is 2. The molecular weight excluding hydrogens is 524 g/mol. The lowest BCUT2D eigenvalue weighted by atomic mass is 9.45. The van der Waals surface area contributed by atoms with E-state index in [0.717, 1.165) is 59.2 Å². The summed E-state index contributed by atoms with van der Waals surface area (Å²) in [7, 11) is 6.73. The Hall–Kier alpha value is -4.32. The van der Waals surface area contributed by atoms with Crippen molar-refractivity contribution in [2.24, 2.45) is 0 Å². The van der Waals surface area contributed by atoms with Gasteiger partial charge in [0.25, 0.3) is 0 Å². The lowest BCUT2D eigenvalue weighted by Gasteiger charge is -2.57. The van der Waals surface area contributed by atoms with Gasteiger partial charge in [0.05, 0.1) is 50.5 Å². The van der Waals surface area contributed by atoms with Crippen molar-refractivity contribution in [2.75, 3.05) is 28.4 Å². The van der Waals surface area contributed by atoms with Gasteiger partial charge in [-0.2, -0.15) is 0 Å². The molecule has 6 heteroatoms. The standard InChI is InChI=1S/C36H36N2O4/c1-7-13-35-21-11-9-10-12-22(21)36(14-8-2,26-18-32(40-4)31(39-3)17-25(26)35)24-16-28-27(15-23(24)35)37-29-19-33(41-5)34(42-6)20-30(29)38-28/h9-12,15-20H,7-8,13-14H2,1-6H3. The fourth-order valence-corrected chi connectivity index (χ4v) is 8.00. The highest BCUT2D eigenvalue weighted by Gasteiger charge is 2.58. The summed E-state index contributed by atoms with van der Waals surface area (Å²) < 4.78 is 22.9. The maximum absolute atomic E-state index is 5.89. The second-order valence-electron chi connectivity index (χ2n) is 11.4. The summed E-state index contributed by atoms with van der Waals surface area (Å²) in [6.45, 7) is 4.54. The third-order valence-electron chi connectivity index (χ3n) is 9.54. The molecule has 0 spiro atoms. The van der Waals surface area contributed by atoms with E-state index in [1.165, 1.54) is 33.4 Å². The van der Waals surface area contributed by atoms with Crippen molar-refractivity contribution in [1.29, 1.82) is 0 Å². The number of hydrogen-bond donors (Lipinski definition) is 0. The Bertz CT molecular complexity index is 1750. The van der Waals surface area contributed by atoms with Crippen LogP contribution in [-0.2, 0) is 10.8 Å². The molecule has 2 atom stereocenters. The third kappa shape index (κ3) is 3.26. The molecule has 8 rings (SSSR count).